The summed E-state index contributed by atoms with van der Waals surface area (Å²) in [7, 11) is 0. The Labute approximate surface area is 169 Å². The molecule has 1 saturated heterocycles. The van der Waals surface area contributed by atoms with Crippen LogP contribution >= 0.6 is 23.8 Å². The molecule has 7 heteroatoms. The zero-order chi connectivity index (χ0) is 19.4. The second-order valence-electron chi connectivity index (χ2n) is 6.49. The van der Waals surface area contributed by atoms with Crippen LogP contribution in [0, 0.1) is 13.8 Å². The van der Waals surface area contributed by atoms with Crippen LogP contribution in [-0.4, -0.2) is 37.3 Å². The molecule has 142 valence electrons. The number of aryl methyl sites for hydroxylation is 2. The third-order valence-corrected chi connectivity index (χ3v) is 4.92. The third kappa shape index (κ3) is 4.97. The fourth-order valence-electron chi connectivity index (χ4n) is 3.05. The van der Waals surface area contributed by atoms with Gasteiger partial charge in [-0.15, -0.1) is 0 Å². The molecule has 0 aromatic heterocycles. The Morgan fingerprint density at radius 3 is 2.56 bits per heavy atom. The number of nitrogens with one attached hydrogen (secondary N) is 2. The molecule has 0 saturated carbocycles. The van der Waals surface area contributed by atoms with E-state index in [9.17, 15) is 4.79 Å². The van der Waals surface area contributed by atoms with Crippen molar-refractivity contribution >= 4 is 46.2 Å². The van der Waals surface area contributed by atoms with Crippen molar-refractivity contribution in [2.45, 2.75) is 13.8 Å². The van der Waals surface area contributed by atoms with E-state index in [0.717, 1.165) is 35.6 Å². The molecule has 0 unspecified atom stereocenters. The van der Waals surface area contributed by atoms with Crippen molar-refractivity contribution < 1.29 is 9.53 Å². The van der Waals surface area contributed by atoms with Crippen LogP contribution in [0.2, 0.25) is 5.02 Å². The van der Waals surface area contributed by atoms with E-state index in [-0.39, 0.29) is 11.0 Å². The molecular weight excluding hydrogens is 382 g/mol. The van der Waals surface area contributed by atoms with Crippen LogP contribution < -0.4 is 15.5 Å². The second kappa shape index (κ2) is 8.69. The van der Waals surface area contributed by atoms with Crippen molar-refractivity contribution in [3.63, 3.8) is 0 Å². The van der Waals surface area contributed by atoms with E-state index >= 15 is 0 Å². The van der Waals surface area contributed by atoms with E-state index in [1.807, 2.05) is 44.2 Å². The minimum absolute atomic E-state index is 0.232. The number of thiocarbonyl (C=S) groups is 1. The van der Waals surface area contributed by atoms with Gasteiger partial charge in [-0.3, -0.25) is 10.1 Å². The van der Waals surface area contributed by atoms with Gasteiger partial charge in [0, 0.05) is 24.3 Å². The first-order chi connectivity index (χ1) is 12.9. The first-order valence-corrected chi connectivity index (χ1v) is 9.54. The molecule has 3 rings (SSSR count). The summed E-state index contributed by atoms with van der Waals surface area (Å²) >= 11 is 11.7. The molecule has 0 bridgehead atoms. The Morgan fingerprint density at radius 2 is 1.89 bits per heavy atom. The van der Waals surface area contributed by atoms with Crippen LogP contribution in [0.15, 0.2) is 36.4 Å². The topological polar surface area (TPSA) is 53.6 Å². The molecule has 1 heterocycles. The van der Waals surface area contributed by atoms with E-state index < -0.39 is 0 Å². The summed E-state index contributed by atoms with van der Waals surface area (Å²) in [6.45, 7) is 6.93. The molecule has 1 aliphatic heterocycles. The van der Waals surface area contributed by atoms with Gasteiger partial charge < -0.3 is 15.0 Å². The van der Waals surface area contributed by atoms with Crippen molar-refractivity contribution in [1.82, 2.24) is 5.32 Å². The Hall–Kier alpha value is -2.15. The monoisotopic (exact) mass is 403 g/mol. The summed E-state index contributed by atoms with van der Waals surface area (Å²) in [5.41, 5.74) is 4.32. The van der Waals surface area contributed by atoms with E-state index in [0.29, 0.717) is 23.8 Å². The first-order valence-electron chi connectivity index (χ1n) is 8.76. The molecule has 1 fully saturated rings. The van der Waals surface area contributed by atoms with Gasteiger partial charge in [0.05, 0.1) is 23.9 Å². The molecule has 1 amide bonds. The van der Waals surface area contributed by atoms with E-state index in [1.54, 1.807) is 6.07 Å². The molecule has 2 N–H and O–H groups in total. The van der Waals surface area contributed by atoms with Crippen LogP contribution in [0.3, 0.4) is 0 Å². The average molecular weight is 404 g/mol. The molecule has 0 radical (unpaired) electrons. The quantitative estimate of drug-likeness (QED) is 0.761. The molecular formula is C20H22ClN3O2S. The lowest BCUT2D eigenvalue weighted by Crippen LogP contribution is -2.36. The highest BCUT2D eigenvalue weighted by molar-refractivity contribution is 7.80. The third-order valence-electron chi connectivity index (χ3n) is 4.41. The summed E-state index contributed by atoms with van der Waals surface area (Å²) in [5, 5.41) is 6.59. The number of halogens is 1. The van der Waals surface area contributed by atoms with Gasteiger partial charge in [-0.1, -0.05) is 29.3 Å². The molecule has 2 aromatic carbocycles. The lowest BCUT2D eigenvalue weighted by molar-refractivity contribution is 0.0977. The molecule has 5 nitrogen and oxygen atoms in total. The Bertz CT molecular complexity index is 866. The number of hydrogen-bond donors (Lipinski definition) is 2. The highest BCUT2D eigenvalue weighted by Crippen LogP contribution is 2.29. The number of benzene rings is 2. The zero-order valence-electron chi connectivity index (χ0n) is 15.3. The first kappa shape index (κ1) is 19.6. The van der Waals surface area contributed by atoms with Crippen LogP contribution in [0.5, 0.6) is 0 Å². The largest absolute Gasteiger partial charge is 0.378 e. The maximum Gasteiger partial charge on any atom is 0.257 e. The van der Waals surface area contributed by atoms with E-state index in [4.69, 9.17) is 28.6 Å². The SMILES string of the molecule is Cc1ccc(C(=O)NC(=S)Nc2ccc(N3CCOCC3)c(Cl)c2)c(C)c1. The molecule has 0 atom stereocenters. The Balaban J connectivity index is 1.63. The van der Waals surface area contributed by atoms with Gasteiger partial charge >= 0.3 is 0 Å². The van der Waals surface area contributed by atoms with Crippen molar-refractivity contribution in [1.29, 1.82) is 0 Å². The smallest absolute Gasteiger partial charge is 0.257 e. The fraction of sp³-hybridized carbons (Fsp3) is 0.300. The number of carbonyl (C=O) groups is 1. The number of carbonyl (C=O) groups excluding carboxylic acids is 1. The van der Waals surface area contributed by atoms with Crippen LogP contribution in [-0.2, 0) is 4.74 Å². The highest BCUT2D eigenvalue weighted by Gasteiger charge is 2.15. The maximum atomic E-state index is 12.4. The predicted molar refractivity (Wildman–Crippen MR) is 114 cm³/mol. The van der Waals surface area contributed by atoms with Crippen molar-refractivity contribution in [3.05, 3.63) is 58.1 Å². The number of hydrogen-bond acceptors (Lipinski definition) is 4. The summed E-state index contributed by atoms with van der Waals surface area (Å²) in [4.78, 5) is 14.6. The maximum absolute atomic E-state index is 12.4. The number of morpholine rings is 1. The van der Waals surface area contributed by atoms with Crippen molar-refractivity contribution in [2.24, 2.45) is 0 Å². The number of nitrogens with zero attached hydrogens (tertiary/aromatic N) is 1. The van der Waals surface area contributed by atoms with Gasteiger partial charge in [0.25, 0.3) is 5.91 Å². The van der Waals surface area contributed by atoms with Crippen LogP contribution in [0.25, 0.3) is 0 Å². The second-order valence-corrected chi connectivity index (χ2v) is 7.31. The van der Waals surface area contributed by atoms with E-state index in [2.05, 4.69) is 15.5 Å². The van der Waals surface area contributed by atoms with E-state index in [1.165, 1.54) is 0 Å². The van der Waals surface area contributed by atoms with Crippen LogP contribution in [0.4, 0.5) is 11.4 Å². The normalized spacial score (nSPS) is 14.0. The van der Waals surface area contributed by atoms with Crippen molar-refractivity contribution in [2.75, 3.05) is 36.5 Å². The molecule has 27 heavy (non-hydrogen) atoms. The summed E-state index contributed by atoms with van der Waals surface area (Å²) in [6.07, 6.45) is 0. The summed E-state index contributed by atoms with van der Waals surface area (Å²) in [5.74, 6) is -0.235. The predicted octanol–water partition coefficient (Wildman–Crippen LogP) is 3.92. The Kier molecular flexibility index (Phi) is 6.31. The van der Waals surface area contributed by atoms with Gasteiger partial charge in [0.2, 0.25) is 0 Å². The number of ether oxygens (including phenoxy) is 1. The molecule has 1 aliphatic rings. The molecule has 2 aromatic rings. The van der Waals surface area contributed by atoms with Gasteiger partial charge in [-0.05, 0) is 55.9 Å². The minimum atomic E-state index is -0.235. The standard InChI is InChI=1S/C20H22ClN3O2S/c1-13-3-5-16(14(2)11-13)19(25)23-20(27)22-15-4-6-18(17(21)12-15)24-7-9-26-10-8-24/h3-6,11-12H,7-10H2,1-2H3,(H2,22,23,25,27). The Morgan fingerprint density at radius 1 is 1.15 bits per heavy atom. The van der Waals surface area contributed by atoms with Gasteiger partial charge in [0.15, 0.2) is 5.11 Å². The number of rotatable bonds is 3. The molecule has 0 spiro atoms. The average Bonchev–Trinajstić information content (AvgIpc) is 2.62. The number of anilines is 2. The minimum Gasteiger partial charge on any atom is -0.378 e. The van der Waals surface area contributed by atoms with Gasteiger partial charge in [-0.2, -0.15) is 0 Å². The van der Waals surface area contributed by atoms with Crippen LogP contribution in [0.1, 0.15) is 21.5 Å². The number of amides is 1. The lowest BCUT2D eigenvalue weighted by atomic mass is 10.1. The van der Waals surface area contributed by atoms with Gasteiger partial charge in [0.1, 0.15) is 0 Å². The zero-order valence-corrected chi connectivity index (χ0v) is 16.9. The van der Waals surface area contributed by atoms with Crippen molar-refractivity contribution in [3.8, 4) is 0 Å². The fourth-order valence-corrected chi connectivity index (χ4v) is 3.56. The lowest BCUT2D eigenvalue weighted by Gasteiger charge is -2.29. The highest BCUT2D eigenvalue weighted by atomic mass is 35.5. The van der Waals surface area contributed by atoms with Gasteiger partial charge in [-0.25, -0.2) is 0 Å². The summed E-state index contributed by atoms with van der Waals surface area (Å²) in [6, 6.07) is 11.3. The molecule has 0 aliphatic carbocycles. The summed E-state index contributed by atoms with van der Waals surface area (Å²) < 4.78 is 5.37.